The van der Waals surface area contributed by atoms with Gasteiger partial charge in [-0.05, 0) is 37.1 Å². The van der Waals surface area contributed by atoms with Gasteiger partial charge in [0, 0.05) is 30.3 Å². The first-order valence-corrected chi connectivity index (χ1v) is 12.6. The third kappa shape index (κ3) is 4.36. The van der Waals surface area contributed by atoms with Crippen LogP contribution >= 0.6 is 0 Å². The normalized spacial score (nSPS) is 25.4. The van der Waals surface area contributed by atoms with Gasteiger partial charge in [0.1, 0.15) is 19.3 Å². The van der Waals surface area contributed by atoms with Crippen molar-refractivity contribution >= 4 is 22.8 Å². The highest BCUT2D eigenvalue weighted by Gasteiger charge is 2.54. The number of anilines is 1. The first-order valence-electron chi connectivity index (χ1n) is 12.6. The highest BCUT2D eigenvalue weighted by molar-refractivity contribution is 5.91. The lowest BCUT2D eigenvalue weighted by atomic mass is 9.85. The van der Waals surface area contributed by atoms with Crippen molar-refractivity contribution in [2.45, 2.75) is 43.2 Å². The summed E-state index contributed by atoms with van der Waals surface area (Å²) in [6.45, 7) is 0.822. The lowest BCUT2D eigenvalue weighted by Crippen LogP contribution is -2.54. The molecule has 2 fully saturated rings. The molecule has 0 saturated carbocycles. The van der Waals surface area contributed by atoms with Crippen LogP contribution in [-0.4, -0.2) is 77.6 Å². The van der Waals surface area contributed by atoms with Crippen LogP contribution in [0, 0.1) is 0 Å². The fourth-order valence-corrected chi connectivity index (χ4v) is 5.45. The summed E-state index contributed by atoms with van der Waals surface area (Å²) in [5.41, 5.74) is 1.45. The number of aliphatic hydroxyl groups is 2. The zero-order valence-electron chi connectivity index (χ0n) is 20.9. The van der Waals surface area contributed by atoms with Gasteiger partial charge >= 0.3 is 6.09 Å². The number of amides is 1. The molecule has 200 valence electrons. The summed E-state index contributed by atoms with van der Waals surface area (Å²) in [6, 6.07) is 10.6. The van der Waals surface area contributed by atoms with Crippen LogP contribution in [0.15, 0.2) is 42.6 Å². The number of carbonyl (C=O) groups is 1. The minimum atomic E-state index is -1.00. The minimum absolute atomic E-state index is 0.227. The first kappa shape index (κ1) is 24.7. The van der Waals surface area contributed by atoms with Gasteiger partial charge < -0.3 is 33.9 Å². The van der Waals surface area contributed by atoms with Gasteiger partial charge in [-0.15, -0.1) is 0 Å². The summed E-state index contributed by atoms with van der Waals surface area (Å²) < 4.78 is 28.6. The van der Waals surface area contributed by atoms with Crippen molar-refractivity contribution in [3.8, 4) is 17.4 Å². The van der Waals surface area contributed by atoms with E-state index < -0.39 is 23.9 Å². The number of rotatable bonds is 6. The Bertz CT molecular complexity index is 1350. The molecule has 1 aromatic carbocycles. The summed E-state index contributed by atoms with van der Waals surface area (Å²) in [5.74, 6) is 1.64. The SMILES string of the molecule is COc1ccc2nccc([C@@H](O)C[C@@H]3CC[C@@]4(CN(c5ccc6c(c5)OCCO6)C(=O)O4)[C@@H](CO)O3)c2n1. The second-order valence-corrected chi connectivity index (χ2v) is 9.69. The van der Waals surface area contributed by atoms with Gasteiger partial charge in [-0.3, -0.25) is 9.88 Å². The molecule has 2 saturated heterocycles. The number of carbonyl (C=O) groups excluding carboxylic acids is 1. The molecule has 5 heterocycles. The largest absolute Gasteiger partial charge is 0.486 e. The Morgan fingerprint density at radius 1 is 1.18 bits per heavy atom. The third-order valence-electron chi connectivity index (χ3n) is 7.42. The average Bonchev–Trinajstić information content (AvgIpc) is 3.29. The number of fused-ring (bicyclic) bond motifs is 2. The Morgan fingerprint density at radius 3 is 2.84 bits per heavy atom. The minimum Gasteiger partial charge on any atom is -0.486 e. The highest BCUT2D eigenvalue weighted by atomic mass is 16.6. The number of aliphatic hydroxyl groups excluding tert-OH is 2. The van der Waals surface area contributed by atoms with Crippen LogP contribution in [0.2, 0.25) is 0 Å². The molecule has 6 rings (SSSR count). The number of ether oxygens (including phenoxy) is 5. The van der Waals surface area contributed by atoms with Crippen molar-refractivity contribution in [2.24, 2.45) is 0 Å². The van der Waals surface area contributed by atoms with E-state index in [-0.39, 0.29) is 25.7 Å². The molecule has 4 atom stereocenters. The van der Waals surface area contributed by atoms with E-state index in [1.54, 1.807) is 42.6 Å². The van der Waals surface area contributed by atoms with Crippen molar-refractivity contribution in [2.75, 3.05) is 38.4 Å². The smallest absolute Gasteiger partial charge is 0.415 e. The molecular weight excluding hydrogens is 494 g/mol. The third-order valence-corrected chi connectivity index (χ3v) is 7.42. The van der Waals surface area contributed by atoms with E-state index in [1.807, 2.05) is 0 Å². The van der Waals surface area contributed by atoms with Crippen LogP contribution in [-0.2, 0) is 9.47 Å². The summed E-state index contributed by atoms with van der Waals surface area (Å²) in [7, 11) is 1.53. The molecule has 0 bridgehead atoms. The monoisotopic (exact) mass is 523 g/mol. The molecule has 2 N–H and O–H groups in total. The van der Waals surface area contributed by atoms with Gasteiger partial charge in [0.25, 0.3) is 0 Å². The fourth-order valence-electron chi connectivity index (χ4n) is 5.45. The van der Waals surface area contributed by atoms with Crippen LogP contribution in [0.5, 0.6) is 17.4 Å². The summed E-state index contributed by atoms with van der Waals surface area (Å²) in [4.78, 5) is 23.2. The molecule has 38 heavy (non-hydrogen) atoms. The van der Waals surface area contributed by atoms with Crippen LogP contribution in [0.4, 0.5) is 10.5 Å². The molecule has 0 aliphatic carbocycles. The summed E-state index contributed by atoms with van der Waals surface area (Å²) in [6.07, 6.45) is 0.443. The molecular formula is C27H29N3O8. The number of hydrogen-bond donors (Lipinski definition) is 2. The van der Waals surface area contributed by atoms with Gasteiger partial charge in [0.2, 0.25) is 5.88 Å². The van der Waals surface area contributed by atoms with Crippen LogP contribution in [0.1, 0.15) is 30.9 Å². The predicted octanol–water partition coefficient (Wildman–Crippen LogP) is 2.77. The van der Waals surface area contributed by atoms with E-state index in [2.05, 4.69) is 9.97 Å². The molecule has 3 aliphatic rings. The molecule has 1 amide bonds. The Labute approximate surface area is 218 Å². The van der Waals surface area contributed by atoms with Crippen LogP contribution in [0.25, 0.3) is 11.0 Å². The summed E-state index contributed by atoms with van der Waals surface area (Å²) >= 11 is 0. The average molecular weight is 524 g/mol. The lowest BCUT2D eigenvalue weighted by molar-refractivity contribution is -0.178. The van der Waals surface area contributed by atoms with E-state index in [0.717, 1.165) is 0 Å². The van der Waals surface area contributed by atoms with Crippen molar-refractivity contribution in [3.05, 3.63) is 48.2 Å². The van der Waals surface area contributed by atoms with E-state index >= 15 is 0 Å². The number of benzene rings is 1. The maximum atomic E-state index is 12.9. The van der Waals surface area contributed by atoms with E-state index in [0.29, 0.717) is 65.7 Å². The topological polar surface area (TPSA) is 133 Å². The maximum absolute atomic E-state index is 12.9. The summed E-state index contributed by atoms with van der Waals surface area (Å²) in [5, 5.41) is 21.3. The number of methoxy groups -OCH3 is 1. The molecule has 11 nitrogen and oxygen atoms in total. The Balaban J connectivity index is 1.17. The number of aromatic nitrogens is 2. The quantitative estimate of drug-likeness (QED) is 0.497. The van der Waals surface area contributed by atoms with Crippen LogP contribution < -0.4 is 19.1 Å². The Morgan fingerprint density at radius 2 is 2.03 bits per heavy atom. The van der Waals surface area contributed by atoms with E-state index in [4.69, 9.17) is 23.7 Å². The molecule has 3 aliphatic heterocycles. The van der Waals surface area contributed by atoms with Crippen LogP contribution in [0.3, 0.4) is 0 Å². The number of nitrogens with zero attached hydrogens (tertiary/aromatic N) is 3. The zero-order chi connectivity index (χ0) is 26.3. The van der Waals surface area contributed by atoms with Gasteiger partial charge in [-0.2, -0.15) is 0 Å². The van der Waals surface area contributed by atoms with E-state index in [9.17, 15) is 15.0 Å². The van der Waals surface area contributed by atoms with Crippen molar-refractivity contribution in [1.29, 1.82) is 0 Å². The van der Waals surface area contributed by atoms with Crippen molar-refractivity contribution in [3.63, 3.8) is 0 Å². The molecule has 0 radical (unpaired) electrons. The molecule has 11 heteroatoms. The highest BCUT2D eigenvalue weighted by Crippen LogP contribution is 2.43. The first-order chi connectivity index (χ1) is 18.5. The second kappa shape index (κ2) is 9.90. The van der Waals surface area contributed by atoms with Gasteiger partial charge in [-0.25, -0.2) is 9.78 Å². The van der Waals surface area contributed by atoms with Crippen molar-refractivity contribution in [1.82, 2.24) is 9.97 Å². The predicted molar refractivity (Wildman–Crippen MR) is 135 cm³/mol. The second-order valence-electron chi connectivity index (χ2n) is 9.69. The maximum Gasteiger partial charge on any atom is 0.415 e. The molecule has 1 spiro atoms. The van der Waals surface area contributed by atoms with Gasteiger partial charge in [-0.1, -0.05) is 0 Å². The standard InChI is InChI=1S/C27H29N3O8/c1-34-24-5-3-19-25(29-24)18(7-9-28-19)20(32)13-17-6-8-27(23(14-31)37-17)15-30(26(33)38-27)16-2-4-21-22(12-16)36-11-10-35-21/h2-5,7,9,12,17,20,23,31-32H,6,8,10-11,13-15H2,1H3/t17-,20-,23+,27+/m0/s1. The zero-order valence-corrected chi connectivity index (χ0v) is 20.9. The molecule has 0 unspecified atom stereocenters. The van der Waals surface area contributed by atoms with Gasteiger partial charge in [0.15, 0.2) is 17.1 Å². The fraction of sp³-hybridized carbons (Fsp3) is 0.444. The Hall–Kier alpha value is -3.67. The number of hydrogen-bond acceptors (Lipinski definition) is 10. The molecule has 2 aromatic heterocycles. The molecule has 3 aromatic rings. The lowest BCUT2D eigenvalue weighted by Gasteiger charge is -2.42. The van der Waals surface area contributed by atoms with Gasteiger partial charge in [0.05, 0.1) is 49.2 Å². The van der Waals surface area contributed by atoms with E-state index in [1.165, 1.54) is 12.0 Å². The van der Waals surface area contributed by atoms with Crippen molar-refractivity contribution < 1.29 is 38.7 Å². The Kier molecular flexibility index (Phi) is 6.42. The number of pyridine rings is 2.